The summed E-state index contributed by atoms with van der Waals surface area (Å²) in [7, 11) is 0. The zero-order valence-electron chi connectivity index (χ0n) is 16.4. The van der Waals surface area contributed by atoms with E-state index in [1.165, 1.54) is 12.1 Å². The van der Waals surface area contributed by atoms with Gasteiger partial charge in [-0.3, -0.25) is 4.79 Å². The maximum absolute atomic E-state index is 13.3. The lowest BCUT2D eigenvalue weighted by atomic mass is 10.0. The molecule has 0 radical (unpaired) electrons. The number of carbonyl (C=O) groups is 1. The van der Waals surface area contributed by atoms with Crippen LogP contribution in [0.1, 0.15) is 31.0 Å². The molecule has 2 aromatic rings. The summed E-state index contributed by atoms with van der Waals surface area (Å²) in [6, 6.07) is 5.87. The van der Waals surface area contributed by atoms with Gasteiger partial charge >= 0.3 is 0 Å². The monoisotopic (exact) mass is 400 g/mol. The molecule has 8 heteroatoms. The number of ether oxygens (including phenoxy) is 2. The largest absolute Gasteiger partial charge is 0.481 e. The van der Waals surface area contributed by atoms with Crippen molar-refractivity contribution in [3.8, 4) is 5.75 Å². The van der Waals surface area contributed by atoms with E-state index in [0.29, 0.717) is 19.0 Å². The minimum atomic E-state index is -0.693. The predicted molar refractivity (Wildman–Crippen MR) is 105 cm³/mol. The summed E-state index contributed by atoms with van der Waals surface area (Å²) >= 11 is 0. The van der Waals surface area contributed by atoms with Gasteiger partial charge in [0, 0.05) is 43.4 Å². The average molecular weight is 400 g/mol. The van der Waals surface area contributed by atoms with E-state index < -0.39 is 6.10 Å². The van der Waals surface area contributed by atoms with Crippen LogP contribution in [0.2, 0.25) is 0 Å². The molecule has 0 saturated carbocycles. The number of amides is 1. The van der Waals surface area contributed by atoms with Crippen LogP contribution in [0.25, 0.3) is 0 Å². The first-order valence-electron chi connectivity index (χ1n) is 9.98. The summed E-state index contributed by atoms with van der Waals surface area (Å²) in [5, 5.41) is 3.03. The first-order valence-corrected chi connectivity index (χ1v) is 9.98. The standard InChI is InChI=1S/C21H25FN4O3/c1-14(29-18-4-2-3-16(22)11-18)20(27)24-17-5-8-26(9-6-17)21-23-12-15-13-28-10-7-19(15)25-21/h2-4,11-12,14,17H,5-10,13H2,1H3,(H,24,27)/t14-/m1/s1. The van der Waals surface area contributed by atoms with Crippen molar-refractivity contribution in [2.45, 2.75) is 44.9 Å². The van der Waals surface area contributed by atoms with Crippen LogP contribution in [-0.2, 0) is 22.6 Å². The van der Waals surface area contributed by atoms with Crippen molar-refractivity contribution in [1.82, 2.24) is 15.3 Å². The molecule has 1 aromatic carbocycles. The molecule has 2 aliphatic heterocycles. The first-order chi connectivity index (χ1) is 14.1. The molecule has 1 atom stereocenters. The highest BCUT2D eigenvalue weighted by Gasteiger charge is 2.25. The van der Waals surface area contributed by atoms with Gasteiger partial charge in [-0.1, -0.05) is 6.07 Å². The lowest BCUT2D eigenvalue weighted by Crippen LogP contribution is -2.48. The van der Waals surface area contributed by atoms with Crippen LogP contribution < -0.4 is 15.0 Å². The number of carbonyl (C=O) groups excluding carboxylic acids is 1. The zero-order valence-corrected chi connectivity index (χ0v) is 16.4. The molecule has 1 saturated heterocycles. The average Bonchev–Trinajstić information content (AvgIpc) is 2.74. The molecule has 154 valence electrons. The Balaban J connectivity index is 1.27. The number of anilines is 1. The van der Waals surface area contributed by atoms with E-state index in [1.807, 2.05) is 6.20 Å². The summed E-state index contributed by atoms with van der Waals surface area (Å²) in [5.74, 6) is 0.507. The second-order valence-corrected chi connectivity index (χ2v) is 7.43. The molecular weight excluding hydrogens is 375 g/mol. The molecule has 0 bridgehead atoms. The van der Waals surface area contributed by atoms with Crippen molar-refractivity contribution < 1.29 is 18.7 Å². The Morgan fingerprint density at radius 2 is 2.21 bits per heavy atom. The van der Waals surface area contributed by atoms with Gasteiger partial charge in [-0.15, -0.1) is 0 Å². The molecule has 0 aliphatic carbocycles. The second-order valence-electron chi connectivity index (χ2n) is 7.43. The van der Waals surface area contributed by atoms with Gasteiger partial charge in [0.05, 0.1) is 18.9 Å². The van der Waals surface area contributed by atoms with Crippen LogP contribution in [-0.4, -0.2) is 47.7 Å². The SMILES string of the molecule is C[C@@H](Oc1cccc(F)c1)C(=O)NC1CCN(c2ncc3c(n2)CCOC3)CC1. The number of nitrogens with zero attached hydrogens (tertiary/aromatic N) is 3. The van der Waals surface area contributed by atoms with Crippen molar-refractivity contribution >= 4 is 11.9 Å². The normalized spacial score (nSPS) is 18.1. The van der Waals surface area contributed by atoms with Gasteiger partial charge in [-0.2, -0.15) is 0 Å². The first kappa shape index (κ1) is 19.6. The fraction of sp³-hybridized carbons (Fsp3) is 0.476. The van der Waals surface area contributed by atoms with Crippen molar-refractivity contribution in [2.75, 3.05) is 24.6 Å². The fourth-order valence-electron chi connectivity index (χ4n) is 3.61. The minimum Gasteiger partial charge on any atom is -0.481 e. The number of hydrogen-bond acceptors (Lipinski definition) is 6. The zero-order chi connectivity index (χ0) is 20.2. The number of nitrogens with one attached hydrogen (secondary N) is 1. The predicted octanol–water partition coefficient (Wildman–Crippen LogP) is 2.24. The Hall–Kier alpha value is -2.74. The van der Waals surface area contributed by atoms with Crippen molar-refractivity contribution in [2.24, 2.45) is 0 Å². The highest BCUT2D eigenvalue weighted by Crippen LogP contribution is 2.21. The lowest BCUT2D eigenvalue weighted by molar-refractivity contribution is -0.128. The van der Waals surface area contributed by atoms with Crippen LogP contribution in [0.5, 0.6) is 5.75 Å². The van der Waals surface area contributed by atoms with E-state index in [4.69, 9.17) is 14.5 Å². The Labute approximate surface area is 169 Å². The van der Waals surface area contributed by atoms with Gasteiger partial charge in [0.15, 0.2) is 6.10 Å². The molecule has 1 fully saturated rings. The van der Waals surface area contributed by atoms with Crippen LogP contribution in [0.3, 0.4) is 0 Å². The van der Waals surface area contributed by atoms with E-state index >= 15 is 0 Å². The summed E-state index contributed by atoms with van der Waals surface area (Å²) in [4.78, 5) is 23.8. The molecule has 7 nitrogen and oxygen atoms in total. The lowest BCUT2D eigenvalue weighted by Gasteiger charge is -2.33. The Morgan fingerprint density at radius 1 is 1.38 bits per heavy atom. The molecule has 1 amide bonds. The smallest absolute Gasteiger partial charge is 0.260 e. The summed E-state index contributed by atoms with van der Waals surface area (Å²) in [6.07, 6.45) is 3.60. The number of fused-ring (bicyclic) bond motifs is 1. The van der Waals surface area contributed by atoms with Gasteiger partial charge in [0.25, 0.3) is 5.91 Å². The van der Waals surface area contributed by atoms with Crippen LogP contribution in [0.15, 0.2) is 30.5 Å². The number of hydrogen-bond donors (Lipinski definition) is 1. The third-order valence-electron chi connectivity index (χ3n) is 5.28. The van der Waals surface area contributed by atoms with Crippen molar-refractivity contribution in [3.05, 3.63) is 47.5 Å². The number of halogens is 1. The molecule has 0 spiro atoms. The van der Waals surface area contributed by atoms with Gasteiger partial charge in [0.1, 0.15) is 11.6 Å². The third kappa shape index (κ3) is 4.82. The van der Waals surface area contributed by atoms with E-state index in [2.05, 4.69) is 15.2 Å². The molecule has 2 aliphatic rings. The Morgan fingerprint density at radius 3 is 3.00 bits per heavy atom. The van der Waals surface area contributed by atoms with Crippen molar-refractivity contribution in [1.29, 1.82) is 0 Å². The van der Waals surface area contributed by atoms with Gasteiger partial charge in [0.2, 0.25) is 5.95 Å². The summed E-state index contributed by atoms with van der Waals surface area (Å²) in [5.41, 5.74) is 2.13. The molecule has 0 unspecified atom stereocenters. The third-order valence-corrected chi connectivity index (χ3v) is 5.28. The highest BCUT2D eigenvalue weighted by molar-refractivity contribution is 5.81. The molecule has 1 aromatic heterocycles. The Kier molecular flexibility index (Phi) is 5.89. The number of benzene rings is 1. The highest BCUT2D eigenvalue weighted by atomic mass is 19.1. The van der Waals surface area contributed by atoms with E-state index in [1.54, 1.807) is 19.1 Å². The number of piperidine rings is 1. The van der Waals surface area contributed by atoms with Crippen LogP contribution in [0.4, 0.5) is 10.3 Å². The molecular formula is C21H25FN4O3. The van der Waals surface area contributed by atoms with Crippen molar-refractivity contribution in [3.63, 3.8) is 0 Å². The van der Waals surface area contributed by atoms with E-state index in [0.717, 1.165) is 49.6 Å². The fourth-order valence-corrected chi connectivity index (χ4v) is 3.61. The summed E-state index contributed by atoms with van der Waals surface area (Å²) < 4.78 is 24.2. The Bertz CT molecular complexity index is 871. The molecule has 1 N–H and O–H groups in total. The topological polar surface area (TPSA) is 76.6 Å². The molecule has 4 rings (SSSR count). The maximum Gasteiger partial charge on any atom is 0.260 e. The maximum atomic E-state index is 13.3. The number of rotatable bonds is 5. The number of aromatic nitrogens is 2. The van der Waals surface area contributed by atoms with E-state index in [9.17, 15) is 9.18 Å². The van der Waals surface area contributed by atoms with Gasteiger partial charge in [-0.05, 0) is 31.9 Å². The summed E-state index contributed by atoms with van der Waals surface area (Å²) in [6.45, 7) is 4.51. The molecule has 29 heavy (non-hydrogen) atoms. The van der Waals surface area contributed by atoms with E-state index in [-0.39, 0.29) is 17.8 Å². The second kappa shape index (κ2) is 8.73. The van der Waals surface area contributed by atoms with Gasteiger partial charge in [-0.25, -0.2) is 14.4 Å². The minimum absolute atomic E-state index is 0.0725. The molecule has 3 heterocycles. The van der Waals surface area contributed by atoms with Gasteiger partial charge < -0.3 is 19.7 Å². The quantitative estimate of drug-likeness (QED) is 0.830. The van der Waals surface area contributed by atoms with Crippen LogP contribution >= 0.6 is 0 Å². The van der Waals surface area contributed by atoms with Crippen LogP contribution in [0, 0.1) is 5.82 Å².